The van der Waals surface area contributed by atoms with Gasteiger partial charge in [-0.3, -0.25) is 0 Å². The van der Waals surface area contributed by atoms with Crippen LogP contribution in [0.4, 0.5) is 0 Å². The van der Waals surface area contributed by atoms with E-state index in [1.54, 1.807) is 6.07 Å². The highest BCUT2D eigenvalue weighted by Crippen LogP contribution is 2.31. The first-order valence-corrected chi connectivity index (χ1v) is 5.21. The van der Waals surface area contributed by atoms with Crippen LogP contribution in [0, 0.1) is 13.8 Å². The van der Waals surface area contributed by atoms with E-state index in [1.807, 2.05) is 26.0 Å². The highest BCUT2D eigenvalue weighted by Gasteiger charge is 2.11. The molecule has 0 radical (unpaired) electrons. The van der Waals surface area contributed by atoms with Gasteiger partial charge in [-0.05, 0) is 25.5 Å². The van der Waals surface area contributed by atoms with Crippen molar-refractivity contribution in [3.8, 4) is 5.75 Å². The summed E-state index contributed by atoms with van der Waals surface area (Å²) in [5.74, 6) is 1.46. The summed E-state index contributed by atoms with van der Waals surface area (Å²) in [6, 6.07) is 5.64. The minimum atomic E-state index is 0.0157. The molecule has 2 aromatic rings. The summed E-state index contributed by atoms with van der Waals surface area (Å²) >= 11 is 0. The zero-order valence-corrected chi connectivity index (χ0v) is 9.73. The van der Waals surface area contributed by atoms with Crippen LogP contribution in [0.1, 0.15) is 11.3 Å². The molecule has 0 atom stereocenters. The van der Waals surface area contributed by atoms with E-state index in [0.29, 0.717) is 11.3 Å². The average molecular weight is 234 g/mol. The Hall–Kier alpha value is -2.17. The van der Waals surface area contributed by atoms with E-state index in [-0.39, 0.29) is 12.4 Å². The molecule has 0 saturated carbocycles. The first-order chi connectivity index (χ1) is 8.13. The Balaban J connectivity index is 2.38. The van der Waals surface area contributed by atoms with Gasteiger partial charge in [0.25, 0.3) is 0 Å². The van der Waals surface area contributed by atoms with Crippen LogP contribution in [-0.2, 0) is 0 Å². The Morgan fingerprint density at radius 1 is 1.47 bits per heavy atom. The number of hydrogen-bond acceptors (Lipinski definition) is 4. The van der Waals surface area contributed by atoms with Crippen molar-refractivity contribution in [1.29, 1.82) is 0 Å². The summed E-state index contributed by atoms with van der Waals surface area (Å²) in [6.07, 6.45) is 0. The van der Waals surface area contributed by atoms with E-state index in [1.165, 1.54) is 0 Å². The molecule has 1 aromatic carbocycles. The fourth-order valence-electron chi connectivity index (χ4n) is 1.63. The smallest absolute Gasteiger partial charge is 0.177 e. The van der Waals surface area contributed by atoms with Crippen molar-refractivity contribution in [3.05, 3.63) is 29.5 Å². The molecular formula is C12H14N2O3. The third kappa shape index (κ3) is 2.04. The van der Waals surface area contributed by atoms with Gasteiger partial charge in [-0.15, -0.1) is 0 Å². The first kappa shape index (κ1) is 11.3. The van der Waals surface area contributed by atoms with Crippen molar-refractivity contribution in [2.45, 2.75) is 13.8 Å². The lowest BCUT2D eigenvalue weighted by atomic mass is 10.1. The maximum atomic E-state index is 8.43. The molecule has 2 rings (SSSR count). The number of ether oxygens (including phenoxy) is 1. The molecule has 0 spiro atoms. The van der Waals surface area contributed by atoms with Gasteiger partial charge in [0.15, 0.2) is 17.2 Å². The Bertz CT molecular complexity index is 572. The monoisotopic (exact) mass is 234 g/mol. The lowest BCUT2D eigenvalue weighted by molar-refractivity contribution is 0.306. The number of oxime groups is 1. The van der Waals surface area contributed by atoms with Crippen LogP contribution in [-0.4, -0.2) is 17.6 Å². The quantitative estimate of drug-likeness (QED) is 0.369. The van der Waals surface area contributed by atoms with Crippen molar-refractivity contribution in [2.75, 3.05) is 6.61 Å². The van der Waals surface area contributed by atoms with E-state index in [4.69, 9.17) is 20.1 Å². The lowest BCUT2D eigenvalue weighted by Gasteiger charge is -2.04. The van der Waals surface area contributed by atoms with Crippen LogP contribution >= 0.6 is 0 Å². The van der Waals surface area contributed by atoms with Gasteiger partial charge >= 0.3 is 0 Å². The number of para-hydroxylation sites is 1. The molecule has 90 valence electrons. The molecule has 0 bridgehead atoms. The zero-order chi connectivity index (χ0) is 12.4. The fraction of sp³-hybridized carbons (Fsp3) is 0.250. The molecular weight excluding hydrogens is 220 g/mol. The molecule has 0 aliphatic carbocycles. The molecule has 3 N–H and O–H groups in total. The van der Waals surface area contributed by atoms with Gasteiger partial charge < -0.3 is 20.1 Å². The highest BCUT2D eigenvalue weighted by molar-refractivity contribution is 5.87. The van der Waals surface area contributed by atoms with Crippen LogP contribution in [0.2, 0.25) is 0 Å². The third-order valence-electron chi connectivity index (χ3n) is 2.67. The lowest BCUT2D eigenvalue weighted by Crippen LogP contribution is -2.20. The van der Waals surface area contributed by atoms with E-state index in [0.717, 1.165) is 16.7 Å². The Morgan fingerprint density at radius 2 is 2.24 bits per heavy atom. The molecule has 17 heavy (non-hydrogen) atoms. The molecule has 5 nitrogen and oxygen atoms in total. The largest absolute Gasteiger partial charge is 0.482 e. The number of fused-ring (bicyclic) bond motifs is 1. The summed E-state index contributed by atoms with van der Waals surface area (Å²) < 4.78 is 11.1. The van der Waals surface area contributed by atoms with Crippen molar-refractivity contribution in [2.24, 2.45) is 10.9 Å². The molecule has 0 aliphatic heterocycles. The second kappa shape index (κ2) is 4.37. The van der Waals surface area contributed by atoms with Gasteiger partial charge in [0.1, 0.15) is 12.4 Å². The van der Waals surface area contributed by atoms with Gasteiger partial charge in [0, 0.05) is 5.39 Å². The van der Waals surface area contributed by atoms with Gasteiger partial charge in [-0.1, -0.05) is 17.3 Å². The number of benzene rings is 1. The van der Waals surface area contributed by atoms with Gasteiger partial charge in [0.05, 0.1) is 0 Å². The number of rotatable bonds is 3. The molecule has 0 fully saturated rings. The summed E-state index contributed by atoms with van der Waals surface area (Å²) in [5.41, 5.74) is 7.12. The zero-order valence-electron chi connectivity index (χ0n) is 9.73. The molecule has 1 aromatic heterocycles. The SMILES string of the molecule is Cc1oc2c(OCC(N)=NO)cccc2c1C. The molecule has 0 saturated heterocycles. The van der Waals surface area contributed by atoms with Crippen molar-refractivity contribution < 1.29 is 14.4 Å². The first-order valence-electron chi connectivity index (χ1n) is 5.21. The summed E-state index contributed by atoms with van der Waals surface area (Å²) in [5, 5.41) is 12.3. The van der Waals surface area contributed by atoms with E-state index >= 15 is 0 Å². The van der Waals surface area contributed by atoms with E-state index < -0.39 is 0 Å². The Labute approximate surface area is 98.5 Å². The fourth-order valence-corrected chi connectivity index (χ4v) is 1.63. The Kier molecular flexibility index (Phi) is 2.91. The highest BCUT2D eigenvalue weighted by atomic mass is 16.5. The predicted octanol–water partition coefficient (Wildman–Crippen LogP) is 2.17. The number of hydrogen-bond donors (Lipinski definition) is 2. The molecule has 0 amide bonds. The van der Waals surface area contributed by atoms with Crippen LogP contribution in [0.5, 0.6) is 5.75 Å². The number of nitrogens with two attached hydrogens (primary N) is 1. The van der Waals surface area contributed by atoms with Crippen LogP contribution < -0.4 is 10.5 Å². The van der Waals surface area contributed by atoms with Gasteiger partial charge in [0.2, 0.25) is 0 Å². The molecule has 0 aliphatic rings. The predicted molar refractivity (Wildman–Crippen MR) is 64.6 cm³/mol. The number of amidine groups is 1. The molecule has 0 unspecified atom stereocenters. The summed E-state index contributed by atoms with van der Waals surface area (Å²) in [6.45, 7) is 3.92. The van der Waals surface area contributed by atoms with Gasteiger partial charge in [-0.2, -0.15) is 0 Å². The number of furan rings is 1. The normalized spacial score (nSPS) is 12.0. The second-order valence-corrected chi connectivity index (χ2v) is 3.80. The average Bonchev–Trinajstić information content (AvgIpc) is 2.63. The summed E-state index contributed by atoms with van der Waals surface area (Å²) in [7, 11) is 0. The minimum Gasteiger partial charge on any atom is -0.482 e. The van der Waals surface area contributed by atoms with Crippen LogP contribution in [0.15, 0.2) is 27.8 Å². The standard InChI is InChI=1S/C12H14N2O3/c1-7-8(2)17-12-9(7)4-3-5-10(12)16-6-11(13)14-15/h3-5,15H,6H2,1-2H3,(H2,13,14). The maximum Gasteiger partial charge on any atom is 0.177 e. The molecule has 5 heteroatoms. The topological polar surface area (TPSA) is 81.0 Å². The number of nitrogens with zero attached hydrogens (tertiary/aromatic N) is 1. The van der Waals surface area contributed by atoms with E-state index in [2.05, 4.69) is 5.16 Å². The van der Waals surface area contributed by atoms with Crippen molar-refractivity contribution in [3.63, 3.8) is 0 Å². The van der Waals surface area contributed by atoms with Crippen molar-refractivity contribution >= 4 is 16.8 Å². The third-order valence-corrected chi connectivity index (χ3v) is 2.67. The summed E-state index contributed by atoms with van der Waals surface area (Å²) in [4.78, 5) is 0. The Morgan fingerprint density at radius 3 is 2.94 bits per heavy atom. The minimum absolute atomic E-state index is 0.0157. The number of aryl methyl sites for hydroxylation is 2. The van der Waals surface area contributed by atoms with E-state index in [9.17, 15) is 0 Å². The molecule has 1 heterocycles. The second-order valence-electron chi connectivity index (χ2n) is 3.80. The van der Waals surface area contributed by atoms with Crippen LogP contribution in [0.25, 0.3) is 11.0 Å². The van der Waals surface area contributed by atoms with Gasteiger partial charge in [-0.25, -0.2) is 0 Å². The van der Waals surface area contributed by atoms with Crippen LogP contribution in [0.3, 0.4) is 0 Å². The van der Waals surface area contributed by atoms with Crippen molar-refractivity contribution in [1.82, 2.24) is 0 Å². The maximum absolute atomic E-state index is 8.43.